The van der Waals surface area contributed by atoms with Crippen LogP contribution in [-0.4, -0.2) is 11.2 Å². The molecule has 0 fully saturated rings. The lowest BCUT2D eigenvalue weighted by atomic mass is 10.1. The van der Waals surface area contributed by atoms with Crippen molar-refractivity contribution in [2.45, 2.75) is 26.4 Å². The van der Waals surface area contributed by atoms with Gasteiger partial charge in [0.2, 0.25) is 0 Å². The molecule has 1 rings (SSSR count). The number of hydrogen-bond donors (Lipinski definition) is 0. The highest BCUT2D eigenvalue weighted by Crippen LogP contribution is 2.21. The Morgan fingerprint density at radius 2 is 1.62 bits per heavy atom. The van der Waals surface area contributed by atoms with Crippen LogP contribution in [0.4, 0.5) is 13.2 Å². The van der Waals surface area contributed by atoms with E-state index in [1.54, 1.807) is 13.8 Å². The minimum absolute atomic E-state index is 0.275. The van der Waals surface area contributed by atoms with Gasteiger partial charge in [-0.1, -0.05) is 0 Å². The molecule has 1 aromatic rings. The minimum atomic E-state index is -4.14. The van der Waals surface area contributed by atoms with Gasteiger partial charge in [-0.25, -0.2) is 0 Å². The molecule has 4 heteroatoms. The molecule has 1 nitrogen and oxygen atoms in total. The van der Waals surface area contributed by atoms with Crippen LogP contribution in [0.1, 0.15) is 17.0 Å². The molecule has 0 saturated heterocycles. The first-order valence-electron chi connectivity index (χ1n) is 3.88. The Morgan fingerprint density at radius 3 is 2.00 bits per heavy atom. The molecule has 13 heavy (non-hydrogen) atoms. The summed E-state index contributed by atoms with van der Waals surface area (Å²) in [5.74, 6) is 0. The Morgan fingerprint density at radius 1 is 1.15 bits per heavy atom. The van der Waals surface area contributed by atoms with Gasteiger partial charge in [0.1, 0.15) is 0 Å². The smallest absolute Gasteiger partial charge is 0.258 e. The largest absolute Gasteiger partial charge is 0.393 e. The molecule has 1 heterocycles. The molecule has 0 aliphatic heterocycles. The van der Waals surface area contributed by atoms with Crippen LogP contribution in [0.3, 0.4) is 0 Å². The van der Waals surface area contributed by atoms with Gasteiger partial charge in [0.25, 0.3) is 0 Å². The Kier molecular flexibility index (Phi) is 2.59. The van der Waals surface area contributed by atoms with Gasteiger partial charge in [-0.2, -0.15) is 13.2 Å². The Bertz CT molecular complexity index is 284. The molecule has 0 radical (unpaired) electrons. The van der Waals surface area contributed by atoms with Crippen LogP contribution in [0.15, 0.2) is 12.1 Å². The van der Waals surface area contributed by atoms with Crippen LogP contribution in [0.5, 0.6) is 0 Å². The monoisotopic (exact) mass is 189 g/mol. The molecular formula is C9H10F3N. The van der Waals surface area contributed by atoms with E-state index in [1.807, 2.05) is 0 Å². The second-order valence-electron chi connectivity index (χ2n) is 3.05. The summed E-state index contributed by atoms with van der Waals surface area (Å²) in [6.07, 6.45) is -5.02. The van der Waals surface area contributed by atoms with E-state index in [1.165, 1.54) is 12.1 Å². The van der Waals surface area contributed by atoms with Crippen LogP contribution in [0.25, 0.3) is 0 Å². The zero-order valence-electron chi connectivity index (χ0n) is 7.44. The fraction of sp³-hybridized carbons (Fsp3) is 0.444. The summed E-state index contributed by atoms with van der Waals surface area (Å²) >= 11 is 0. The number of alkyl halides is 3. The molecule has 0 spiro atoms. The van der Waals surface area contributed by atoms with E-state index in [2.05, 4.69) is 4.98 Å². The first-order valence-corrected chi connectivity index (χ1v) is 3.88. The van der Waals surface area contributed by atoms with E-state index >= 15 is 0 Å². The molecule has 0 N–H and O–H groups in total. The molecule has 1 aromatic heterocycles. The fourth-order valence-corrected chi connectivity index (χ4v) is 1.25. The topological polar surface area (TPSA) is 12.9 Å². The lowest BCUT2D eigenvalue weighted by molar-refractivity contribution is -0.127. The predicted molar refractivity (Wildman–Crippen MR) is 43.5 cm³/mol. The summed E-state index contributed by atoms with van der Waals surface area (Å²) < 4.78 is 36.0. The molecule has 0 unspecified atom stereocenters. The highest BCUT2D eigenvalue weighted by molar-refractivity contribution is 5.20. The highest BCUT2D eigenvalue weighted by atomic mass is 19.4. The van der Waals surface area contributed by atoms with Crippen molar-refractivity contribution in [3.63, 3.8) is 0 Å². The summed E-state index contributed by atoms with van der Waals surface area (Å²) in [4.78, 5) is 4.00. The minimum Gasteiger partial charge on any atom is -0.258 e. The maximum Gasteiger partial charge on any atom is 0.393 e. The Balaban J connectivity index is 2.90. The highest BCUT2D eigenvalue weighted by Gasteiger charge is 2.27. The Hall–Kier alpha value is -1.06. The SMILES string of the molecule is Cc1cc(CC(F)(F)F)cc(C)n1. The van der Waals surface area contributed by atoms with Gasteiger partial charge in [-0.15, -0.1) is 0 Å². The number of hydrogen-bond acceptors (Lipinski definition) is 1. The first-order chi connectivity index (χ1) is 5.87. The molecule has 0 aliphatic rings. The zero-order chi connectivity index (χ0) is 10.1. The third-order valence-corrected chi connectivity index (χ3v) is 1.55. The van der Waals surface area contributed by atoms with Crippen LogP contribution in [0.2, 0.25) is 0 Å². The average Bonchev–Trinajstić information content (AvgIpc) is 1.78. The predicted octanol–water partition coefficient (Wildman–Crippen LogP) is 2.80. The molecule has 0 amide bonds. The maximum atomic E-state index is 12.0. The van der Waals surface area contributed by atoms with E-state index in [-0.39, 0.29) is 5.56 Å². The van der Waals surface area contributed by atoms with E-state index in [0.29, 0.717) is 11.4 Å². The normalized spacial score (nSPS) is 11.8. The van der Waals surface area contributed by atoms with Gasteiger partial charge in [-0.3, -0.25) is 4.98 Å². The van der Waals surface area contributed by atoms with Gasteiger partial charge in [0.05, 0.1) is 6.42 Å². The maximum absolute atomic E-state index is 12.0. The second-order valence-corrected chi connectivity index (χ2v) is 3.05. The van der Waals surface area contributed by atoms with Crippen LogP contribution >= 0.6 is 0 Å². The summed E-state index contributed by atoms with van der Waals surface area (Å²) in [6, 6.07) is 2.92. The summed E-state index contributed by atoms with van der Waals surface area (Å²) in [7, 11) is 0. The van der Waals surface area contributed by atoms with E-state index < -0.39 is 12.6 Å². The summed E-state index contributed by atoms with van der Waals surface area (Å²) in [6.45, 7) is 3.37. The third kappa shape index (κ3) is 3.44. The lowest BCUT2D eigenvalue weighted by Crippen LogP contribution is -2.12. The number of aromatic nitrogens is 1. The second kappa shape index (κ2) is 3.36. The molecular weight excluding hydrogens is 179 g/mol. The molecule has 0 bridgehead atoms. The molecule has 72 valence electrons. The Labute approximate surface area is 74.6 Å². The number of halogens is 3. The van der Waals surface area contributed by atoms with E-state index in [0.717, 1.165) is 0 Å². The van der Waals surface area contributed by atoms with Crippen molar-refractivity contribution in [3.05, 3.63) is 29.1 Å². The van der Waals surface area contributed by atoms with E-state index in [4.69, 9.17) is 0 Å². The van der Waals surface area contributed by atoms with Gasteiger partial charge >= 0.3 is 6.18 Å². The zero-order valence-corrected chi connectivity index (χ0v) is 7.44. The summed E-state index contributed by atoms with van der Waals surface area (Å²) in [5, 5.41) is 0. The number of rotatable bonds is 1. The molecule has 0 saturated carbocycles. The summed E-state index contributed by atoms with van der Waals surface area (Å²) in [5.41, 5.74) is 1.52. The lowest BCUT2D eigenvalue weighted by Gasteiger charge is -2.07. The first kappa shape index (κ1) is 10.0. The number of aryl methyl sites for hydroxylation is 2. The van der Waals surface area contributed by atoms with Crippen molar-refractivity contribution < 1.29 is 13.2 Å². The van der Waals surface area contributed by atoms with Crippen molar-refractivity contribution in [2.24, 2.45) is 0 Å². The number of nitrogens with zero attached hydrogens (tertiary/aromatic N) is 1. The van der Waals surface area contributed by atoms with Crippen LogP contribution in [0, 0.1) is 13.8 Å². The quantitative estimate of drug-likeness (QED) is 0.662. The molecule has 0 atom stereocenters. The van der Waals surface area contributed by atoms with Crippen molar-refractivity contribution in [1.82, 2.24) is 4.98 Å². The van der Waals surface area contributed by atoms with Gasteiger partial charge in [-0.05, 0) is 31.5 Å². The molecule has 0 aromatic carbocycles. The van der Waals surface area contributed by atoms with Gasteiger partial charge < -0.3 is 0 Å². The average molecular weight is 189 g/mol. The standard InChI is InChI=1S/C9H10F3N/c1-6-3-8(4-7(2)13-6)5-9(10,11)12/h3-4H,5H2,1-2H3. The van der Waals surface area contributed by atoms with Crippen LogP contribution in [-0.2, 0) is 6.42 Å². The molecule has 0 aliphatic carbocycles. The van der Waals surface area contributed by atoms with Gasteiger partial charge in [0, 0.05) is 11.4 Å². The van der Waals surface area contributed by atoms with E-state index in [9.17, 15) is 13.2 Å². The van der Waals surface area contributed by atoms with Crippen molar-refractivity contribution in [1.29, 1.82) is 0 Å². The number of pyridine rings is 1. The van der Waals surface area contributed by atoms with Gasteiger partial charge in [0.15, 0.2) is 0 Å². The fourth-order valence-electron chi connectivity index (χ4n) is 1.25. The van der Waals surface area contributed by atoms with Crippen molar-refractivity contribution in [3.8, 4) is 0 Å². The van der Waals surface area contributed by atoms with Crippen molar-refractivity contribution in [2.75, 3.05) is 0 Å². The van der Waals surface area contributed by atoms with Crippen LogP contribution < -0.4 is 0 Å². The van der Waals surface area contributed by atoms with Crippen molar-refractivity contribution >= 4 is 0 Å². The third-order valence-electron chi connectivity index (χ3n) is 1.55.